The van der Waals surface area contributed by atoms with Gasteiger partial charge in [0, 0.05) is 19.0 Å². The van der Waals surface area contributed by atoms with Gasteiger partial charge in [0.1, 0.15) is 11.5 Å². The van der Waals surface area contributed by atoms with E-state index in [-0.39, 0.29) is 6.04 Å². The fourth-order valence-corrected chi connectivity index (χ4v) is 2.21. The predicted octanol–water partition coefficient (Wildman–Crippen LogP) is 2.96. The Balaban J connectivity index is 2.87. The number of furan rings is 1. The van der Waals surface area contributed by atoms with Gasteiger partial charge < -0.3 is 10.2 Å². The van der Waals surface area contributed by atoms with Crippen LogP contribution in [0.3, 0.4) is 0 Å². The number of rotatable bonds is 7. The molecule has 98 valence electrons. The molecule has 0 bridgehead atoms. The Morgan fingerprint density at radius 3 is 2.41 bits per heavy atom. The van der Waals surface area contributed by atoms with Gasteiger partial charge in [0.15, 0.2) is 0 Å². The SMILES string of the molecule is CCCN(C(C)C)C(CN)c1ccc(CC)o1. The van der Waals surface area contributed by atoms with Gasteiger partial charge in [-0.05, 0) is 38.9 Å². The summed E-state index contributed by atoms with van der Waals surface area (Å²) in [5.41, 5.74) is 5.92. The first-order chi connectivity index (χ1) is 8.13. The summed E-state index contributed by atoms with van der Waals surface area (Å²) in [5.74, 6) is 2.05. The van der Waals surface area contributed by atoms with Crippen LogP contribution in [-0.4, -0.2) is 24.0 Å². The van der Waals surface area contributed by atoms with E-state index in [4.69, 9.17) is 10.2 Å². The molecule has 1 aromatic heterocycles. The van der Waals surface area contributed by atoms with Crippen molar-refractivity contribution in [2.24, 2.45) is 5.73 Å². The molecule has 0 fully saturated rings. The highest BCUT2D eigenvalue weighted by molar-refractivity contribution is 5.11. The van der Waals surface area contributed by atoms with Crippen molar-refractivity contribution in [2.45, 2.75) is 52.6 Å². The Morgan fingerprint density at radius 2 is 2.00 bits per heavy atom. The van der Waals surface area contributed by atoms with Crippen molar-refractivity contribution in [3.05, 3.63) is 23.7 Å². The van der Waals surface area contributed by atoms with Crippen molar-refractivity contribution in [1.82, 2.24) is 4.90 Å². The lowest BCUT2D eigenvalue weighted by atomic mass is 10.1. The van der Waals surface area contributed by atoms with Gasteiger partial charge in [0.2, 0.25) is 0 Å². The molecule has 1 rings (SSSR count). The molecule has 0 aliphatic carbocycles. The molecule has 1 aromatic rings. The molecule has 0 radical (unpaired) electrons. The summed E-state index contributed by atoms with van der Waals surface area (Å²) in [6.07, 6.45) is 2.07. The maximum Gasteiger partial charge on any atom is 0.122 e. The van der Waals surface area contributed by atoms with Crippen LogP contribution in [0, 0.1) is 0 Å². The Hall–Kier alpha value is -0.800. The minimum absolute atomic E-state index is 0.204. The van der Waals surface area contributed by atoms with Crippen LogP contribution in [0.25, 0.3) is 0 Å². The maximum absolute atomic E-state index is 5.92. The van der Waals surface area contributed by atoms with Crippen LogP contribution in [0.4, 0.5) is 0 Å². The molecule has 17 heavy (non-hydrogen) atoms. The van der Waals surface area contributed by atoms with Crippen LogP contribution >= 0.6 is 0 Å². The van der Waals surface area contributed by atoms with Gasteiger partial charge in [-0.2, -0.15) is 0 Å². The molecule has 1 unspecified atom stereocenters. The smallest absolute Gasteiger partial charge is 0.122 e. The lowest BCUT2D eigenvalue weighted by molar-refractivity contribution is 0.138. The van der Waals surface area contributed by atoms with Crippen molar-refractivity contribution < 1.29 is 4.42 Å². The van der Waals surface area contributed by atoms with E-state index in [9.17, 15) is 0 Å². The Bertz CT molecular complexity index is 320. The Labute approximate surface area is 105 Å². The summed E-state index contributed by atoms with van der Waals surface area (Å²) in [5, 5.41) is 0. The van der Waals surface area contributed by atoms with Gasteiger partial charge in [-0.1, -0.05) is 13.8 Å². The second-order valence-electron chi connectivity index (χ2n) is 4.74. The quantitative estimate of drug-likeness (QED) is 0.794. The van der Waals surface area contributed by atoms with Crippen molar-refractivity contribution in [2.75, 3.05) is 13.1 Å². The highest BCUT2D eigenvalue weighted by Crippen LogP contribution is 2.24. The van der Waals surface area contributed by atoms with Crippen molar-refractivity contribution in [3.8, 4) is 0 Å². The topological polar surface area (TPSA) is 42.4 Å². The highest BCUT2D eigenvalue weighted by atomic mass is 16.3. The zero-order valence-electron chi connectivity index (χ0n) is 11.6. The third kappa shape index (κ3) is 3.58. The lowest BCUT2D eigenvalue weighted by Gasteiger charge is -2.32. The number of nitrogens with zero attached hydrogens (tertiary/aromatic N) is 1. The van der Waals surface area contributed by atoms with E-state index in [1.807, 2.05) is 0 Å². The fraction of sp³-hybridized carbons (Fsp3) is 0.714. The minimum Gasteiger partial charge on any atom is -0.464 e. The summed E-state index contributed by atoms with van der Waals surface area (Å²) in [7, 11) is 0. The summed E-state index contributed by atoms with van der Waals surface area (Å²) < 4.78 is 5.84. The molecule has 0 aromatic carbocycles. The molecular weight excluding hydrogens is 212 g/mol. The van der Waals surface area contributed by atoms with Crippen LogP contribution in [0.5, 0.6) is 0 Å². The molecule has 0 aliphatic heterocycles. The first kappa shape index (κ1) is 14.3. The molecule has 0 saturated heterocycles. The number of nitrogens with two attached hydrogens (primary N) is 1. The standard InChI is InChI=1S/C14H26N2O/c1-5-9-16(11(3)4)13(10-15)14-8-7-12(6-2)17-14/h7-8,11,13H,5-6,9-10,15H2,1-4H3. The van der Waals surface area contributed by atoms with Gasteiger partial charge in [0.25, 0.3) is 0 Å². The van der Waals surface area contributed by atoms with Crippen LogP contribution in [0.2, 0.25) is 0 Å². The van der Waals surface area contributed by atoms with E-state index in [1.165, 1.54) is 0 Å². The zero-order valence-corrected chi connectivity index (χ0v) is 11.6. The third-order valence-electron chi connectivity index (χ3n) is 3.13. The van der Waals surface area contributed by atoms with E-state index in [2.05, 4.69) is 44.7 Å². The van der Waals surface area contributed by atoms with Crippen molar-refractivity contribution >= 4 is 0 Å². The molecule has 0 spiro atoms. The summed E-state index contributed by atoms with van der Waals surface area (Å²) in [4.78, 5) is 2.41. The molecule has 0 saturated carbocycles. The van der Waals surface area contributed by atoms with E-state index in [1.54, 1.807) is 0 Å². The molecule has 3 nitrogen and oxygen atoms in total. The average Bonchev–Trinajstić information content (AvgIpc) is 2.77. The van der Waals surface area contributed by atoms with Gasteiger partial charge in [-0.25, -0.2) is 0 Å². The summed E-state index contributed by atoms with van der Waals surface area (Å²) >= 11 is 0. The number of hydrogen-bond donors (Lipinski definition) is 1. The molecule has 0 amide bonds. The largest absolute Gasteiger partial charge is 0.464 e. The molecule has 1 atom stereocenters. The second kappa shape index (κ2) is 6.82. The first-order valence-corrected chi connectivity index (χ1v) is 6.68. The van der Waals surface area contributed by atoms with Gasteiger partial charge in [0.05, 0.1) is 6.04 Å². The summed E-state index contributed by atoms with van der Waals surface area (Å²) in [6, 6.07) is 4.82. The average molecular weight is 238 g/mol. The third-order valence-corrected chi connectivity index (χ3v) is 3.13. The van der Waals surface area contributed by atoms with Crippen LogP contribution < -0.4 is 5.73 Å². The lowest BCUT2D eigenvalue weighted by Crippen LogP contribution is -2.39. The number of hydrogen-bond acceptors (Lipinski definition) is 3. The van der Waals surface area contributed by atoms with E-state index in [0.717, 1.165) is 30.9 Å². The molecule has 3 heteroatoms. The van der Waals surface area contributed by atoms with Gasteiger partial charge in [-0.3, -0.25) is 4.90 Å². The normalized spacial score (nSPS) is 13.6. The first-order valence-electron chi connectivity index (χ1n) is 6.68. The van der Waals surface area contributed by atoms with E-state index < -0.39 is 0 Å². The number of aryl methyl sites for hydroxylation is 1. The Morgan fingerprint density at radius 1 is 1.29 bits per heavy atom. The minimum atomic E-state index is 0.204. The molecular formula is C14H26N2O. The maximum atomic E-state index is 5.92. The predicted molar refractivity (Wildman–Crippen MR) is 72.0 cm³/mol. The van der Waals surface area contributed by atoms with Crippen LogP contribution in [0.15, 0.2) is 16.5 Å². The fourth-order valence-electron chi connectivity index (χ4n) is 2.21. The van der Waals surface area contributed by atoms with Crippen molar-refractivity contribution in [3.63, 3.8) is 0 Å². The highest BCUT2D eigenvalue weighted by Gasteiger charge is 2.23. The van der Waals surface area contributed by atoms with Gasteiger partial charge >= 0.3 is 0 Å². The molecule has 2 N–H and O–H groups in total. The molecule has 0 aliphatic rings. The monoisotopic (exact) mass is 238 g/mol. The van der Waals surface area contributed by atoms with Crippen LogP contribution in [0.1, 0.15) is 51.7 Å². The van der Waals surface area contributed by atoms with Crippen LogP contribution in [-0.2, 0) is 6.42 Å². The second-order valence-corrected chi connectivity index (χ2v) is 4.74. The summed E-state index contributed by atoms with van der Waals surface area (Å²) in [6.45, 7) is 10.4. The zero-order chi connectivity index (χ0) is 12.8. The van der Waals surface area contributed by atoms with Gasteiger partial charge in [-0.15, -0.1) is 0 Å². The molecule has 1 heterocycles. The Kier molecular flexibility index (Phi) is 5.72. The van der Waals surface area contributed by atoms with E-state index >= 15 is 0 Å². The van der Waals surface area contributed by atoms with E-state index in [0.29, 0.717) is 12.6 Å². The van der Waals surface area contributed by atoms with Crippen molar-refractivity contribution in [1.29, 1.82) is 0 Å².